The molecule has 0 spiro atoms. The van der Waals surface area contributed by atoms with E-state index in [9.17, 15) is 4.79 Å². The fourth-order valence-corrected chi connectivity index (χ4v) is 1.77. The number of furan rings is 1. The topological polar surface area (TPSA) is 88.2 Å². The van der Waals surface area contributed by atoms with Crippen molar-refractivity contribution in [3.8, 4) is 0 Å². The Kier molecular flexibility index (Phi) is 5.03. The van der Waals surface area contributed by atoms with Crippen LogP contribution in [0.3, 0.4) is 0 Å². The van der Waals surface area contributed by atoms with E-state index < -0.39 is 11.5 Å². The first kappa shape index (κ1) is 14.8. The Bertz CT molecular complexity index is 472. The molecule has 98 valence electrons. The average molecular weight is 363 g/mol. The van der Waals surface area contributed by atoms with Crippen LogP contribution in [0.15, 0.2) is 21.9 Å². The van der Waals surface area contributed by atoms with Crippen LogP contribution in [0.4, 0.5) is 0 Å². The van der Waals surface area contributed by atoms with Gasteiger partial charge in [-0.3, -0.25) is 4.79 Å². The minimum Gasteiger partial charge on any atom is -0.468 e. The molecule has 0 saturated heterocycles. The van der Waals surface area contributed by atoms with Crippen LogP contribution in [-0.2, 0) is 9.53 Å². The van der Waals surface area contributed by atoms with Crippen molar-refractivity contribution in [1.82, 2.24) is 0 Å². The summed E-state index contributed by atoms with van der Waals surface area (Å²) in [6.45, 7) is 5.25. The van der Waals surface area contributed by atoms with Crippen molar-refractivity contribution in [2.45, 2.75) is 26.8 Å². The fourth-order valence-electron chi connectivity index (χ4n) is 1.14. The van der Waals surface area contributed by atoms with Crippen molar-refractivity contribution in [2.24, 2.45) is 10.5 Å². The minimum atomic E-state index is -0.636. The van der Waals surface area contributed by atoms with E-state index in [1.807, 2.05) is 0 Å². The van der Waals surface area contributed by atoms with Gasteiger partial charge in [-0.1, -0.05) is 5.11 Å². The second-order valence-electron chi connectivity index (χ2n) is 4.70. The highest BCUT2D eigenvalue weighted by Gasteiger charge is 2.25. The molecule has 0 amide bonds. The first-order chi connectivity index (χ1) is 8.36. The third-order valence-electron chi connectivity index (χ3n) is 2.12. The Morgan fingerprint density at radius 1 is 1.67 bits per heavy atom. The third-order valence-corrected chi connectivity index (χ3v) is 3.01. The van der Waals surface area contributed by atoms with E-state index in [2.05, 4.69) is 32.6 Å². The van der Waals surface area contributed by atoms with Gasteiger partial charge in [0.2, 0.25) is 0 Å². The molecule has 7 heteroatoms. The number of rotatable bonds is 4. The van der Waals surface area contributed by atoms with E-state index in [1.54, 1.807) is 26.8 Å². The second-order valence-corrected chi connectivity index (χ2v) is 5.86. The van der Waals surface area contributed by atoms with Crippen molar-refractivity contribution in [1.29, 1.82) is 0 Å². The van der Waals surface area contributed by atoms with Gasteiger partial charge in [0, 0.05) is 4.91 Å². The molecule has 0 radical (unpaired) electrons. The van der Waals surface area contributed by atoms with Crippen molar-refractivity contribution in [2.75, 3.05) is 6.61 Å². The Balaban J connectivity index is 2.75. The number of hydrogen-bond donors (Lipinski definition) is 0. The number of nitrogens with zero attached hydrogens (tertiary/aromatic N) is 3. The zero-order chi connectivity index (χ0) is 13.8. The molecular weight excluding hydrogens is 349 g/mol. The zero-order valence-corrected chi connectivity index (χ0v) is 12.5. The average Bonchev–Trinajstić information content (AvgIpc) is 2.69. The standard InChI is InChI=1S/C11H14IN3O3/c1-11(2,3)10(16)18-6-8(14-15-13)9-7(12)4-5-17-9/h4-5,8H,6H2,1-3H3/t8-/m0/s1. The summed E-state index contributed by atoms with van der Waals surface area (Å²) in [5, 5.41) is 3.59. The highest BCUT2D eigenvalue weighted by atomic mass is 127. The number of hydrogen-bond acceptors (Lipinski definition) is 4. The first-order valence-corrected chi connectivity index (χ1v) is 6.38. The maximum Gasteiger partial charge on any atom is 0.311 e. The Morgan fingerprint density at radius 3 is 2.78 bits per heavy atom. The monoisotopic (exact) mass is 363 g/mol. The lowest BCUT2D eigenvalue weighted by molar-refractivity contribution is -0.153. The highest BCUT2D eigenvalue weighted by Crippen LogP contribution is 2.26. The van der Waals surface area contributed by atoms with Crippen molar-refractivity contribution in [3.05, 3.63) is 32.1 Å². The van der Waals surface area contributed by atoms with Crippen LogP contribution in [0.1, 0.15) is 32.6 Å². The molecule has 18 heavy (non-hydrogen) atoms. The lowest BCUT2D eigenvalue weighted by atomic mass is 9.97. The molecule has 1 aromatic rings. The van der Waals surface area contributed by atoms with E-state index in [0.29, 0.717) is 5.76 Å². The molecule has 0 N–H and O–H groups in total. The number of ether oxygens (including phenoxy) is 1. The summed E-state index contributed by atoms with van der Waals surface area (Å²) in [6, 6.07) is 1.12. The number of carbonyl (C=O) groups excluding carboxylic acids is 1. The zero-order valence-electron chi connectivity index (χ0n) is 10.4. The number of halogens is 1. The summed E-state index contributed by atoms with van der Waals surface area (Å²) in [6.07, 6.45) is 1.50. The first-order valence-electron chi connectivity index (χ1n) is 5.30. The van der Waals surface area contributed by atoms with Crippen LogP contribution in [0.5, 0.6) is 0 Å². The van der Waals surface area contributed by atoms with Crippen LogP contribution in [0.25, 0.3) is 10.4 Å². The quantitative estimate of drug-likeness (QED) is 0.268. The van der Waals surface area contributed by atoms with Gasteiger partial charge in [-0.05, 0) is 55.0 Å². The van der Waals surface area contributed by atoms with Gasteiger partial charge < -0.3 is 9.15 Å². The van der Waals surface area contributed by atoms with Gasteiger partial charge >= 0.3 is 5.97 Å². The molecule has 1 aromatic heterocycles. The number of carbonyl (C=O) groups is 1. The van der Waals surface area contributed by atoms with Gasteiger partial charge in [0.25, 0.3) is 0 Å². The van der Waals surface area contributed by atoms with Crippen LogP contribution in [0, 0.1) is 8.99 Å². The summed E-state index contributed by atoms with van der Waals surface area (Å²) >= 11 is 2.07. The van der Waals surface area contributed by atoms with Gasteiger partial charge in [-0.2, -0.15) is 0 Å². The highest BCUT2D eigenvalue weighted by molar-refractivity contribution is 14.1. The van der Waals surface area contributed by atoms with Crippen molar-refractivity contribution >= 4 is 28.6 Å². The largest absolute Gasteiger partial charge is 0.468 e. The molecule has 0 aliphatic carbocycles. The molecule has 0 aliphatic heterocycles. The second kappa shape index (κ2) is 6.10. The van der Waals surface area contributed by atoms with Crippen molar-refractivity contribution in [3.63, 3.8) is 0 Å². The molecule has 0 unspecified atom stereocenters. The summed E-state index contributed by atoms with van der Waals surface area (Å²) in [4.78, 5) is 14.4. The smallest absolute Gasteiger partial charge is 0.311 e. The Labute approximate surface area is 118 Å². The molecule has 6 nitrogen and oxygen atoms in total. The molecule has 0 fully saturated rings. The fraction of sp³-hybridized carbons (Fsp3) is 0.545. The molecule has 0 saturated carbocycles. The van der Waals surface area contributed by atoms with Gasteiger partial charge in [-0.25, -0.2) is 0 Å². The van der Waals surface area contributed by atoms with E-state index in [0.717, 1.165) is 3.57 Å². The molecule has 1 rings (SSSR count). The summed E-state index contributed by atoms with van der Waals surface area (Å²) in [5.41, 5.74) is 7.94. The van der Waals surface area contributed by atoms with E-state index >= 15 is 0 Å². The number of azide groups is 1. The Morgan fingerprint density at radius 2 is 2.33 bits per heavy atom. The van der Waals surface area contributed by atoms with Crippen LogP contribution >= 0.6 is 22.6 Å². The number of esters is 1. The SMILES string of the molecule is CC(C)(C)C(=O)OC[C@H](N=[N+]=[N-])c1occc1I. The lowest BCUT2D eigenvalue weighted by Crippen LogP contribution is -2.24. The summed E-state index contributed by atoms with van der Waals surface area (Å²) in [5.74, 6) is 0.164. The molecule has 0 aliphatic rings. The van der Waals surface area contributed by atoms with Gasteiger partial charge in [0.05, 0.1) is 15.2 Å². The van der Waals surface area contributed by atoms with Crippen LogP contribution in [0.2, 0.25) is 0 Å². The normalized spacial score (nSPS) is 12.7. The molecule has 0 aromatic carbocycles. The predicted molar refractivity (Wildman–Crippen MR) is 73.7 cm³/mol. The third kappa shape index (κ3) is 3.92. The van der Waals surface area contributed by atoms with Gasteiger partial charge in [0.1, 0.15) is 18.4 Å². The lowest BCUT2D eigenvalue weighted by Gasteiger charge is -2.18. The van der Waals surface area contributed by atoms with Crippen LogP contribution in [-0.4, -0.2) is 12.6 Å². The molecule has 1 atom stereocenters. The van der Waals surface area contributed by atoms with E-state index in [-0.39, 0.29) is 12.6 Å². The maximum atomic E-state index is 11.6. The molecule has 1 heterocycles. The van der Waals surface area contributed by atoms with E-state index in [1.165, 1.54) is 6.26 Å². The summed E-state index contributed by atoms with van der Waals surface area (Å²) < 4.78 is 11.2. The maximum absolute atomic E-state index is 11.6. The van der Waals surface area contributed by atoms with Crippen molar-refractivity contribution < 1.29 is 13.9 Å². The minimum absolute atomic E-state index is 0.0241. The summed E-state index contributed by atoms with van der Waals surface area (Å²) in [7, 11) is 0. The van der Waals surface area contributed by atoms with Gasteiger partial charge in [0.15, 0.2) is 0 Å². The van der Waals surface area contributed by atoms with E-state index in [4.69, 9.17) is 14.7 Å². The molecular formula is C11H14IN3O3. The molecule has 0 bridgehead atoms. The Hall–Kier alpha value is -1.21. The van der Waals surface area contributed by atoms with Gasteiger partial charge in [-0.15, -0.1) is 0 Å². The predicted octanol–water partition coefficient (Wildman–Crippen LogP) is 3.82. The van der Waals surface area contributed by atoms with Crippen LogP contribution < -0.4 is 0 Å².